The zero-order valence-electron chi connectivity index (χ0n) is 9.87. The van der Waals surface area contributed by atoms with Gasteiger partial charge in [0.05, 0.1) is 23.9 Å². The fourth-order valence-corrected chi connectivity index (χ4v) is 1.52. The summed E-state index contributed by atoms with van der Waals surface area (Å²) in [5, 5.41) is 16.5. The highest BCUT2D eigenvalue weighted by Gasteiger charge is 2.07. The highest BCUT2D eigenvalue weighted by atomic mass is 35.5. The van der Waals surface area contributed by atoms with E-state index in [1.54, 1.807) is 12.1 Å². The highest BCUT2D eigenvalue weighted by molar-refractivity contribution is 6.35. The van der Waals surface area contributed by atoms with Gasteiger partial charge in [-0.1, -0.05) is 23.2 Å². The molecule has 3 amide bonds. The van der Waals surface area contributed by atoms with Crippen LogP contribution in [0.1, 0.15) is 0 Å². The summed E-state index contributed by atoms with van der Waals surface area (Å²) < 4.78 is 0. The minimum absolute atomic E-state index is 0.141. The molecule has 0 atom stereocenters. The number of carbonyl (C=O) groups excluding carboxylic acids is 2. The first kappa shape index (κ1) is 15.6. The molecule has 1 aromatic carbocycles. The lowest BCUT2D eigenvalue weighted by Crippen LogP contribution is -2.39. The predicted molar refractivity (Wildman–Crippen MR) is 73.6 cm³/mol. The Balaban J connectivity index is 2.43. The maximum atomic E-state index is 11.5. The number of aliphatic hydroxyl groups excluding tert-OH is 1. The summed E-state index contributed by atoms with van der Waals surface area (Å²) in [6.07, 6.45) is 0. The van der Waals surface area contributed by atoms with Crippen LogP contribution in [-0.4, -0.2) is 36.7 Å². The smallest absolute Gasteiger partial charge is 0.319 e. The standard InChI is InChI=1S/C11H13Cl2N3O3/c12-7-1-2-8(13)9(5-7)16-11(19)15-6-10(18)14-3-4-17/h1-2,5,17H,3-4,6H2,(H,14,18)(H2,15,16,19). The summed E-state index contributed by atoms with van der Waals surface area (Å²) in [5.41, 5.74) is 0.349. The fourth-order valence-electron chi connectivity index (χ4n) is 1.18. The van der Waals surface area contributed by atoms with Crippen molar-refractivity contribution >= 4 is 40.8 Å². The van der Waals surface area contributed by atoms with Crippen LogP contribution in [0.3, 0.4) is 0 Å². The fraction of sp³-hybridized carbons (Fsp3) is 0.273. The van der Waals surface area contributed by atoms with E-state index in [2.05, 4.69) is 16.0 Å². The van der Waals surface area contributed by atoms with E-state index in [1.165, 1.54) is 6.07 Å². The van der Waals surface area contributed by atoms with E-state index in [4.69, 9.17) is 28.3 Å². The summed E-state index contributed by atoms with van der Waals surface area (Å²) in [6.45, 7) is -0.220. The van der Waals surface area contributed by atoms with Crippen LogP contribution in [0, 0.1) is 0 Å². The predicted octanol–water partition coefficient (Wildman–Crippen LogP) is 1.22. The lowest BCUT2D eigenvalue weighted by atomic mass is 10.3. The third-order valence-corrected chi connectivity index (χ3v) is 2.58. The molecule has 0 saturated carbocycles. The maximum absolute atomic E-state index is 11.5. The summed E-state index contributed by atoms with van der Waals surface area (Å²) in [4.78, 5) is 22.7. The lowest BCUT2D eigenvalue weighted by molar-refractivity contribution is -0.120. The highest BCUT2D eigenvalue weighted by Crippen LogP contribution is 2.25. The molecule has 0 aliphatic rings. The van der Waals surface area contributed by atoms with E-state index in [9.17, 15) is 9.59 Å². The Labute approximate surface area is 120 Å². The molecule has 0 aliphatic heterocycles. The third kappa shape index (κ3) is 5.78. The van der Waals surface area contributed by atoms with E-state index in [-0.39, 0.29) is 19.7 Å². The number of rotatable bonds is 5. The third-order valence-electron chi connectivity index (χ3n) is 2.02. The Morgan fingerprint density at radius 1 is 1.21 bits per heavy atom. The van der Waals surface area contributed by atoms with E-state index < -0.39 is 11.9 Å². The Kier molecular flexibility index (Phi) is 6.41. The van der Waals surface area contributed by atoms with E-state index in [1.807, 2.05) is 0 Å². The number of carbonyl (C=O) groups is 2. The quantitative estimate of drug-likeness (QED) is 0.659. The molecular weight excluding hydrogens is 293 g/mol. The molecule has 0 radical (unpaired) electrons. The van der Waals surface area contributed by atoms with Gasteiger partial charge < -0.3 is 21.1 Å². The van der Waals surface area contributed by atoms with Gasteiger partial charge in [0.15, 0.2) is 0 Å². The second-order valence-corrected chi connectivity index (χ2v) is 4.35. The largest absolute Gasteiger partial charge is 0.395 e. The molecule has 6 nitrogen and oxygen atoms in total. The first-order chi connectivity index (χ1) is 9.02. The molecule has 0 spiro atoms. The van der Waals surface area contributed by atoms with Crippen molar-refractivity contribution in [3.8, 4) is 0 Å². The van der Waals surface area contributed by atoms with Crippen molar-refractivity contribution in [2.24, 2.45) is 0 Å². The Morgan fingerprint density at radius 3 is 2.63 bits per heavy atom. The van der Waals surface area contributed by atoms with Crippen molar-refractivity contribution in [1.82, 2.24) is 10.6 Å². The molecule has 0 unspecified atom stereocenters. The summed E-state index contributed by atoms with van der Waals surface area (Å²) in [7, 11) is 0. The molecule has 19 heavy (non-hydrogen) atoms. The Bertz CT molecular complexity index is 468. The van der Waals surface area contributed by atoms with Crippen LogP contribution in [0.4, 0.5) is 10.5 Å². The summed E-state index contributed by atoms with van der Waals surface area (Å²) in [5.74, 6) is -0.401. The number of hydrogen-bond acceptors (Lipinski definition) is 3. The van der Waals surface area contributed by atoms with Gasteiger partial charge in [-0.05, 0) is 18.2 Å². The molecule has 0 heterocycles. The molecule has 0 bridgehead atoms. The topological polar surface area (TPSA) is 90.5 Å². The Hall–Kier alpha value is -1.50. The van der Waals surface area contributed by atoms with Crippen LogP contribution in [0.5, 0.6) is 0 Å². The van der Waals surface area contributed by atoms with Gasteiger partial charge in [-0.2, -0.15) is 0 Å². The molecule has 8 heteroatoms. The van der Waals surface area contributed by atoms with Crippen LogP contribution >= 0.6 is 23.2 Å². The zero-order chi connectivity index (χ0) is 14.3. The van der Waals surface area contributed by atoms with Crippen LogP contribution < -0.4 is 16.0 Å². The number of aliphatic hydroxyl groups is 1. The van der Waals surface area contributed by atoms with Crippen LogP contribution in [0.25, 0.3) is 0 Å². The number of hydrogen-bond donors (Lipinski definition) is 4. The van der Waals surface area contributed by atoms with Crippen LogP contribution in [-0.2, 0) is 4.79 Å². The molecule has 0 aromatic heterocycles. The van der Waals surface area contributed by atoms with Crippen molar-refractivity contribution in [1.29, 1.82) is 0 Å². The van der Waals surface area contributed by atoms with Gasteiger partial charge in [0, 0.05) is 11.6 Å². The second kappa shape index (κ2) is 7.83. The van der Waals surface area contributed by atoms with Crippen molar-refractivity contribution in [2.45, 2.75) is 0 Å². The Morgan fingerprint density at radius 2 is 1.95 bits per heavy atom. The van der Waals surface area contributed by atoms with Gasteiger partial charge in [-0.15, -0.1) is 0 Å². The van der Waals surface area contributed by atoms with E-state index in [0.717, 1.165) is 0 Å². The number of urea groups is 1. The van der Waals surface area contributed by atoms with Crippen LogP contribution in [0.15, 0.2) is 18.2 Å². The maximum Gasteiger partial charge on any atom is 0.319 e. The van der Waals surface area contributed by atoms with Crippen molar-refractivity contribution in [3.63, 3.8) is 0 Å². The second-order valence-electron chi connectivity index (χ2n) is 3.51. The number of halogens is 2. The van der Waals surface area contributed by atoms with E-state index in [0.29, 0.717) is 15.7 Å². The van der Waals surface area contributed by atoms with E-state index >= 15 is 0 Å². The van der Waals surface area contributed by atoms with Gasteiger partial charge in [-0.25, -0.2) is 4.79 Å². The number of amides is 3. The SMILES string of the molecule is O=C(CNC(=O)Nc1cc(Cl)ccc1Cl)NCCO. The van der Waals surface area contributed by atoms with Crippen molar-refractivity contribution < 1.29 is 14.7 Å². The summed E-state index contributed by atoms with van der Waals surface area (Å²) in [6, 6.07) is 4.06. The molecule has 104 valence electrons. The molecule has 0 aliphatic carbocycles. The number of benzene rings is 1. The normalized spacial score (nSPS) is 9.84. The average molecular weight is 306 g/mol. The zero-order valence-corrected chi connectivity index (χ0v) is 11.4. The van der Waals surface area contributed by atoms with Gasteiger partial charge in [0.1, 0.15) is 0 Å². The van der Waals surface area contributed by atoms with Gasteiger partial charge in [-0.3, -0.25) is 4.79 Å². The summed E-state index contributed by atoms with van der Waals surface area (Å²) >= 11 is 11.6. The lowest BCUT2D eigenvalue weighted by Gasteiger charge is -2.09. The first-order valence-electron chi connectivity index (χ1n) is 5.40. The molecule has 4 N–H and O–H groups in total. The number of anilines is 1. The monoisotopic (exact) mass is 305 g/mol. The van der Waals surface area contributed by atoms with Gasteiger partial charge in [0.25, 0.3) is 0 Å². The average Bonchev–Trinajstić information content (AvgIpc) is 2.38. The molecular formula is C11H13Cl2N3O3. The van der Waals surface area contributed by atoms with Crippen molar-refractivity contribution in [3.05, 3.63) is 28.2 Å². The van der Waals surface area contributed by atoms with Crippen molar-refractivity contribution in [2.75, 3.05) is 25.0 Å². The van der Waals surface area contributed by atoms with Crippen LogP contribution in [0.2, 0.25) is 10.0 Å². The number of nitrogens with one attached hydrogen (secondary N) is 3. The van der Waals surface area contributed by atoms with Gasteiger partial charge >= 0.3 is 6.03 Å². The minimum Gasteiger partial charge on any atom is -0.395 e. The molecule has 1 aromatic rings. The molecule has 0 saturated heterocycles. The first-order valence-corrected chi connectivity index (χ1v) is 6.16. The molecule has 1 rings (SSSR count). The van der Waals surface area contributed by atoms with Gasteiger partial charge in [0.2, 0.25) is 5.91 Å². The molecule has 0 fully saturated rings. The minimum atomic E-state index is -0.580.